The summed E-state index contributed by atoms with van der Waals surface area (Å²) >= 11 is 0.775. The van der Waals surface area contributed by atoms with Gasteiger partial charge in [0, 0.05) is 11.7 Å². The molecule has 35 heavy (non-hydrogen) atoms. The molecule has 3 amide bonds. The fourth-order valence-corrected chi connectivity index (χ4v) is 5.07. The lowest BCUT2D eigenvalue weighted by Gasteiger charge is -2.32. The molecular formula is C25H29N5O4S. The third-order valence-electron chi connectivity index (χ3n) is 6.18. The van der Waals surface area contributed by atoms with E-state index in [-0.39, 0.29) is 28.2 Å². The van der Waals surface area contributed by atoms with Gasteiger partial charge < -0.3 is 21.2 Å². The van der Waals surface area contributed by atoms with Crippen LogP contribution in [0.4, 0.5) is 11.4 Å². The molecule has 5 N–H and O–H groups in total. The second-order valence-electron chi connectivity index (χ2n) is 8.84. The van der Waals surface area contributed by atoms with Crippen LogP contribution in [0.25, 0.3) is 0 Å². The van der Waals surface area contributed by atoms with Gasteiger partial charge in [0.15, 0.2) is 11.7 Å². The molecule has 0 bridgehead atoms. The fraction of sp³-hybridized carbons (Fsp3) is 0.360. The molecule has 9 nitrogen and oxygen atoms in total. The number of aryl methyl sites for hydroxylation is 2. The zero-order valence-corrected chi connectivity index (χ0v) is 20.6. The number of hydrogen-bond donors (Lipinski definition) is 3. The standard InChI is InChI=1S/C25H29N5O4S/c1-14-8-11-17(12-9-14)30(25(33)22-19(26)20(23(27)31)29-35-22)21(18-13-10-15(2)34-18)24(32)28-16-6-4-3-5-7-16/h8-13,16,21H,3-7,26H2,1-2H3,(H2,27,31)(H,28,32)/t21-/m1/s1. The Balaban J connectivity index is 1.81. The molecule has 0 saturated heterocycles. The quantitative estimate of drug-likeness (QED) is 0.454. The second kappa shape index (κ2) is 10.3. The van der Waals surface area contributed by atoms with E-state index in [0.717, 1.165) is 49.2 Å². The Hall–Kier alpha value is -3.66. The number of benzene rings is 1. The van der Waals surface area contributed by atoms with Crippen molar-refractivity contribution in [2.45, 2.75) is 58.0 Å². The summed E-state index contributed by atoms with van der Waals surface area (Å²) in [6.07, 6.45) is 5.01. The Bertz CT molecular complexity index is 1230. The summed E-state index contributed by atoms with van der Waals surface area (Å²) in [5, 5.41) is 3.12. The van der Waals surface area contributed by atoms with Crippen LogP contribution in [0.3, 0.4) is 0 Å². The van der Waals surface area contributed by atoms with Crippen LogP contribution in [-0.4, -0.2) is 28.1 Å². The summed E-state index contributed by atoms with van der Waals surface area (Å²) in [5.41, 5.74) is 12.6. The van der Waals surface area contributed by atoms with Crippen molar-refractivity contribution in [2.24, 2.45) is 5.73 Å². The molecule has 1 saturated carbocycles. The van der Waals surface area contributed by atoms with Crippen LogP contribution in [0, 0.1) is 13.8 Å². The van der Waals surface area contributed by atoms with Crippen molar-refractivity contribution in [3.05, 3.63) is 64.1 Å². The highest BCUT2D eigenvalue weighted by molar-refractivity contribution is 7.09. The minimum atomic E-state index is -1.10. The number of nitrogens with one attached hydrogen (secondary N) is 1. The average Bonchev–Trinajstić information content (AvgIpc) is 3.43. The molecule has 0 unspecified atom stereocenters. The van der Waals surface area contributed by atoms with Crippen LogP contribution in [0.2, 0.25) is 0 Å². The minimum absolute atomic E-state index is 0.0260. The highest BCUT2D eigenvalue weighted by atomic mass is 32.1. The molecule has 4 rings (SSSR count). The second-order valence-corrected chi connectivity index (χ2v) is 9.62. The molecule has 1 fully saturated rings. The van der Waals surface area contributed by atoms with Gasteiger partial charge in [-0.15, -0.1) is 0 Å². The lowest BCUT2D eigenvalue weighted by atomic mass is 9.95. The van der Waals surface area contributed by atoms with Gasteiger partial charge >= 0.3 is 0 Å². The molecule has 184 valence electrons. The maximum Gasteiger partial charge on any atom is 0.273 e. The zero-order chi connectivity index (χ0) is 25.1. The predicted molar refractivity (Wildman–Crippen MR) is 134 cm³/mol. The van der Waals surface area contributed by atoms with E-state index in [1.807, 2.05) is 19.1 Å². The lowest BCUT2D eigenvalue weighted by molar-refractivity contribution is -0.123. The Labute approximate surface area is 207 Å². The number of carbonyl (C=O) groups excluding carboxylic acids is 3. The van der Waals surface area contributed by atoms with E-state index in [9.17, 15) is 14.4 Å². The molecule has 1 aromatic carbocycles. The van der Waals surface area contributed by atoms with Crippen LogP contribution in [0.1, 0.15) is 75.4 Å². The molecule has 0 aliphatic heterocycles. The van der Waals surface area contributed by atoms with Gasteiger partial charge in [-0.3, -0.25) is 19.3 Å². The number of nitrogens with two attached hydrogens (primary N) is 2. The number of rotatable bonds is 7. The van der Waals surface area contributed by atoms with Gasteiger partial charge in [0.25, 0.3) is 17.7 Å². The first kappa shape index (κ1) is 24.5. The molecule has 1 atom stereocenters. The van der Waals surface area contributed by atoms with E-state index in [1.54, 1.807) is 31.2 Å². The number of nitrogen functional groups attached to an aromatic ring is 1. The lowest BCUT2D eigenvalue weighted by Crippen LogP contribution is -2.47. The van der Waals surface area contributed by atoms with Crippen LogP contribution in [0.15, 0.2) is 40.8 Å². The number of carbonyl (C=O) groups is 3. The van der Waals surface area contributed by atoms with Crippen molar-refractivity contribution >= 4 is 40.6 Å². The van der Waals surface area contributed by atoms with Crippen LogP contribution >= 0.6 is 11.5 Å². The van der Waals surface area contributed by atoms with Crippen molar-refractivity contribution in [3.63, 3.8) is 0 Å². The molecule has 3 aromatic rings. The van der Waals surface area contributed by atoms with Gasteiger partial charge in [0.05, 0.1) is 5.69 Å². The van der Waals surface area contributed by atoms with Crippen LogP contribution < -0.4 is 21.7 Å². The van der Waals surface area contributed by atoms with Gasteiger partial charge in [-0.05, 0) is 62.5 Å². The predicted octanol–water partition coefficient (Wildman–Crippen LogP) is 3.87. The average molecular weight is 496 g/mol. The first-order chi connectivity index (χ1) is 16.8. The summed E-state index contributed by atoms with van der Waals surface area (Å²) in [6, 6.07) is 9.60. The number of amides is 3. The number of aromatic nitrogens is 1. The van der Waals surface area contributed by atoms with Gasteiger partial charge in [0.1, 0.15) is 16.4 Å². The summed E-state index contributed by atoms with van der Waals surface area (Å²) in [4.78, 5) is 40.8. The normalized spacial score (nSPS) is 14.9. The largest absolute Gasteiger partial charge is 0.464 e. The first-order valence-corrected chi connectivity index (χ1v) is 12.4. The van der Waals surface area contributed by atoms with Crippen molar-refractivity contribution in [3.8, 4) is 0 Å². The van der Waals surface area contributed by atoms with E-state index in [2.05, 4.69) is 9.69 Å². The van der Waals surface area contributed by atoms with Crippen LogP contribution in [0.5, 0.6) is 0 Å². The van der Waals surface area contributed by atoms with Crippen molar-refractivity contribution in [2.75, 3.05) is 10.6 Å². The fourth-order valence-electron chi connectivity index (χ4n) is 4.33. The SMILES string of the molecule is Cc1ccc(N(C(=O)c2snc(C(N)=O)c2N)[C@@H](C(=O)NC2CCCCC2)c2ccc(C)o2)cc1. The van der Waals surface area contributed by atoms with E-state index < -0.39 is 17.9 Å². The highest BCUT2D eigenvalue weighted by Gasteiger charge is 2.38. The van der Waals surface area contributed by atoms with Crippen molar-refractivity contribution in [1.82, 2.24) is 9.69 Å². The van der Waals surface area contributed by atoms with Gasteiger partial charge in [0.2, 0.25) is 0 Å². The summed E-state index contributed by atoms with van der Waals surface area (Å²) in [7, 11) is 0. The van der Waals surface area contributed by atoms with Gasteiger partial charge in [-0.25, -0.2) is 0 Å². The summed E-state index contributed by atoms with van der Waals surface area (Å²) in [5.74, 6) is -0.816. The molecule has 1 aliphatic rings. The van der Waals surface area contributed by atoms with Crippen molar-refractivity contribution in [1.29, 1.82) is 0 Å². The monoisotopic (exact) mass is 495 g/mol. The molecule has 2 heterocycles. The third-order valence-corrected chi connectivity index (χ3v) is 7.03. The molecule has 1 aliphatic carbocycles. The van der Waals surface area contributed by atoms with E-state index in [4.69, 9.17) is 15.9 Å². The summed E-state index contributed by atoms with van der Waals surface area (Å²) < 4.78 is 9.84. The molecule has 10 heteroatoms. The third kappa shape index (κ3) is 5.22. The number of nitrogens with zero attached hydrogens (tertiary/aromatic N) is 2. The molecule has 0 radical (unpaired) electrons. The topological polar surface area (TPSA) is 145 Å². The van der Waals surface area contributed by atoms with Crippen LogP contribution in [-0.2, 0) is 4.79 Å². The number of primary amides is 1. The highest BCUT2D eigenvalue weighted by Crippen LogP contribution is 2.34. The van der Waals surface area contributed by atoms with Gasteiger partial charge in [-0.1, -0.05) is 37.0 Å². The van der Waals surface area contributed by atoms with E-state index in [0.29, 0.717) is 17.2 Å². The van der Waals surface area contributed by atoms with Crippen molar-refractivity contribution < 1.29 is 18.8 Å². The summed E-state index contributed by atoms with van der Waals surface area (Å²) in [6.45, 7) is 3.71. The Morgan fingerprint density at radius 3 is 2.34 bits per heavy atom. The maximum atomic E-state index is 13.9. The molecular weight excluding hydrogens is 466 g/mol. The maximum absolute atomic E-state index is 13.9. The smallest absolute Gasteiger partial charge is 0.273 e. The first-order valence-electron chi connectivity index (χ1n) is 11.6. The molecule has 0 spiro atoms. The number of furan rings is 1. The minimum Gasteiger partial charge on any atom is -0.464 e. The number of anilines is 2. The zero-order valence-electron chi connectivity index (χ0n) is 19.7. The Morgan fingerprint density at radius 2 is 1.77 bits per heavy atom. The molecule has 2 aromatic heterocycles. The Morgan fingerprint density at radius 1 is 1.09 bits per heavy atom. The Kier molecular flexibility index (Phi) is 7.20. The van der Waals surface area contributed by atoms with Gasteiger partial charge in [-0.2, -0.15) is 4.37 Å². The number of hydrogen-bond acceptors (Lipinski definition) is 7. The van der Waals surface area contributed by atoms with E-state index in [1.165, 1.54) is 4.90 Å². The van der Waals surface area contributed by atoms with E-state index >= 15 is 0 Å².